The summed E-state index contributed by atoms with van der Waals surface area (Å²) in [5, 5.41) is 4.69. The summed E-state index contributed by atoms with van der Waals surface area (Å²) >= 11 is 0. The summed E-state index contributed by atoms with van der Waals surface area (Å²) < 4.78 is 4.60. The highest BCUT2D eigenvalue weighted by Crippen LogP contribution is 2.41. The van der Waals surface area contributed by atoms with Gasteiger partial charge in [0, 0.05) is 38.4 Å². The second-order valence-electron chi connectivity index (χ2n) is 10.9. The van der Waals surface area contributed by atoms with E-state index in [9.17, 15) is 0 Å². The summed E-state index contributed by atoms with van der Waals surface area (Å²) in [5.41, 5.74) is 7.37. The molecular weight excluding hydrogens is 653 g/mol. The van der Waals surface area contributed by atoms with Gasteiger partial charge in [0.15, 0.2) is 11.6 Å². The van der Waals surface area contributed by atoms with Gasteiger partial charge in [0.25, 0.3) is 0 Å². The molecule has 10 radical (unpaired) electrons. The zero-order valence-corrected chi connectivity index (χ0v) is 31.6. The van der Waals surface area contributed by atoms with Crippen molar-refractivity contribution in [2.24, 2.45) is 0 Å². The molecule has 3 aromatic heterocycles. The Kier molecular flexibility index (Phi) is 15.6. The molecule has 3 heterocycles. The average Bonchev–Trinajstić information content (AvgIpc) is 3.81. The maximum Gasteiger partial charge on any atom is 0.238 e. The van der Waals surface area contributed by atoms with Crippen LogP contribution in [0.1, 0.15) is 0 Å². The molecule has 10 heteroatoms. The highest BCUT2D eigenvalue weighted by molar-refractivity contribution is 6.23. The molecule has 9 rings (SSSR count). The smallest absolute Gasteiger partial charge is 0.238 e. The van der Waals surface area contributed by atoms with Crippen LogP contribution < -0.4 is 0 Å². The molecule has 0 amide bonds. The molecule has 0 fully saturated rings. The molecule has 5 nitrogen and oxygen atoms in total. The Labute approximate surface area is 325 Å². The first-order valence-electron chi connectivity index (χ1n) is 17.6. The Balaban J connectivity index is 0.000000604. The third kappa shape index (κ3) is 7.94. The third-order valence-corrected chi connectivity index (χ3v) is 8.37. The van der Waals surface area contributed by atoms with Crippen molar-refractivity contribution in [2.45, 2.75) is 34.1 Å². The lowest BCUT2D eigenvalue weighted by Crippen LogP contribution is -2.07. The van der Waals surface area contributed by atoms with Crippen LogP contribution in [0.3, 0.4) is 0 Å². The summed E-state index contributed by atoms with van der Waals surface area (Å²) in [6, 6.07) is 52.5. The summed E-state index contributed by atoms with van der Waals surface area (Å²) in [5.74, 6) is 1.86. The minimum Gasteiger partial charge on any atom is -0.307 e. The molecule has 0 N–H and O–H groups in total. The standard InChI is InChI=1S/C39H25N5.5CH3B/c1-4-14-26(15-5-1)37-40-38(27-16-6-2-7-17-27)42-39(41-37)44-34-23-13-11-21-30(34)32-25-24-31-29-20-10-12-22-33(29)43(35(31)36(32)44)28-18-8-3-9-19-28;5*1-2/h1-25H;5*1H3. The van der Waals surface area contributed by atoms with E-state index < -0.39 is 0 Å². The maximum absolute atomic E-state index is 5.17. The van der Waals surface area contributed by atoms with E-state index in [1.165, 1.54) is 44.9 Å². The minimum absolute atomic E-state index is 0.585. The number of rotatable bonds is 4. The molecule has 0 saturated heterocycles. The monoisotopic (exact) mass is 693 g/mol. The normalized spacial score (nSPS) is 9.94. The fraction of sp³-hybridized carbons (Fsp3) is 0.114. The number of aromatic nitrogens is 5. The van der Waals surface area contributed by atoms with Gasteiger partial charge in [-0.3, -0.25) is 4.57 Å². The molecule has 9 aromatic rings. The molecule has 6 aromatic carbocycles. The first kappa shape index (κ1) is 41.0. The van der Waals surface area contributed by atoms with Crippen LogP contribution >= 0.6 is 0 Å². The topological polar surface area (TPSA) is 48.5 Å². The van der Waals surface area contributed by atoms with Gasteiger partial charge in [0.1, 0.15) is 0 Å². The van der Waals surface area contributed by atoms with Crippen molar-refractivity contribution in [3.8, 4) is 34.4 Å². The van der Waals surface area contributed by atoms with Crippen LogP contribution in [0.2, 0.25) is 34.1 Å². The number of hydrogen-bond acceptors (Lipinski definition) is 3. The van der Waals surface area contributed by atoms with Crippen LogP contribution in [0, 0.1) is 0 Å². The highest BCUT2D eigenvalue weighted by atomic mass is 15.2. The molecule has 0 saturated carbocycles. The number of nitrogens with zero attached hydrogens (tertiary/aromatic N) is 5. The van der Waals surface area contributed by atoms with Gasteiger partial charge in [0.2, 0.25) is 5.95 Å². The Bertz CT molecular complexity index is 2440. The van der Waals surface area contributed by atoms with Crippen LogP contribution in [-0.4, -0.2) is 63.3 Å². The summed E-state index contributed by atoms with van der Waals surface area (Å²) in [4.78, 5) is 15.3. The van der Waals surface area contributed by atoms with Gasteiger partial charge in [-0.1, -0.05) is 162 Å². The number of para-hydroxylation sites is 3. The first-order valence-corrected chi connectivity index (χ1v) is 17.6. The molecular formula is C44H40B5N5. The first-order chi connectivity index (χ1) is 26.8. The van der Waals surface area contributed by atoms with Crippen LogP contribution in [-0.2, 0) is 0 Å². The Morgan fingerprint density at radius 2 is 0.685 bits per heavy atom. The Morgan fingerprint density at radius 3 is 1.13 bits per heavy atom. The fourth-order valence-electron chi connectivity index (χ4n) is 6.45. The van der Waals surface area contributed by atoms with Crippen LogP contribution in [0.5, 0.6) is 0 Å². The molecule has 0 atom stereocenters. The number of benzene rings is 6. The summed E-state index contributed by atoms with van der Waals surface area (Å²) in [7, 11) is 22.5. The summed E-state index contributed by atoms with van der Waals surface area (Å²) in [6.45, 7) is 7.50. The van der Waals surface area contributed by atoms with Gasteiger partial charge >= 0.3 is 0 Å². The molecule has 0 bridgehead atoms. The van der Waals surface area contributed by atoms with E-state index in [2.05, 4.69) is 139 Å². The Hall–Kier alpha value is -5.75. The molecule has 0 unspecified atom stereocenters. The number of fused-ring (bicyclic) bond motifs is 7. The predicted octanol–water partition coefficient (Wildman–Crippen LogP) is 10.4. The summed E-state index contributed by atoms with van der Waals surface area (Å²) in [6.07, 6.45) is 0. The van der Waals surface area contributed by atoms with Gasteiger partial charge < -0.3 is 4.57 Å². The van der Waals surface area contributed by atoms with Crippen molar-refractivity contribution < 1.29 is 0 Å². The lowest BCUT2D eigenvalue weighted by Gasteiger charge is -2.13. The van der Waals surface area contributed by atoms with Crippen LogP contribution in [0.4, 0.5) is 0 Å². The Morgan fingerprint density at radius 1 is 0.333 bits per heavy atom. The van der Waals surface area contributed by atoms with Crippen LogP contribution in [0.15, 0.2) is 152 Å². The second kappa shape index (κ2) is 20.5. The van der Waals surface area contributed by atoms with E-state index in [0.717, 1.165) is 49.7 Å². The van der Waals surface area contributed by atoms with Crippen molar-refractivity contribution in [3.05, 3.63) is 152 Å². The van der Waals surface area contributed by atoms with E-state index in [0.29, 0.717) is 17.6 Å². The SMILES string of the molecule is [B]C.[B]C.[B]C.[B]C.[B]C.c1ccc(-c2nc(-c3ccccc3)nc(-n3c4ccccc4c4ccc5c6ccccc6n(-c6ccccc6)c5c43)n2)cc1. The van der Waals surface area contributed by atoms with Gasteiger partial charge in [-0.25, -0.2) is 4.98 Å². The zero-order chi connectivity index (χ0) is 39.0. The molecule has 256 valence electrons. The molecule has 0 aliphatic rings. The van der Waals surface area contributed by atoms with E-state index in [4.69, 9.17) is 15.0 Å². The fourth-order valence-corrected chi connectivity index (χ4v) is 6.45. The van der Waals surface area contributed by atoms with Gasteiger partial charge in [-0.05, 0) is 24.3 Å². The van der Waals surface area contributed by atoms with Gasteiger partial charge in [-0.2, -0.15) is 9.97 Å². The van der Waals surface area contributed by atoms with E-state index in [1.807, 2.05) is 60.7 Å². The van der Waals surface area contributed by atoms with Crippen molar-refractivity contribution >= 4 is 82.8 Å². The second-order valence-corrected chi connectivity index (χ2v) is 10.9. The van der Waals surface area contributed by atoms with Gasteiger partial charge in [0.05, 0.1) is 61.3 Å². The van der Waals surface area contributed by atoms with Crippen molar-refractivity contribution in [1.82, 2.24) is 24.1 Å². The van der Waals surface area contributed by atoms with Crippen LogP contribution in [0.25, 0.3) is 78.0 Å². The largest absolute Gasteiger partial charge is 0.307 e. The van der Waals surface area contributed by atoms with E-state index in [1.54, 1.807) is 0 Å². The molecule has 0 aliphatic carbocycles. The van der Waals surface area contributed by atoms with E-state index >= 15 is 0 Å². The highest BCUT2D eigenvalue weighted by Gasteiger charge is 2.23. The number of hydrogen-bond donors (Lipinski definition) is 0. The maximum atomic E-state index is 5.17. The lowest BCUT2D eigenvalue weighted by atomic mass is 10.1. The molecule has 0 aliphatic heterocycles. The zero-order valence-electron chi connectivity index (χ0n) is 31.6. The van der Waals surface area contributed by atoms with Crippen molar-refractivity contribution in [3.63, 3.8) is 0 Å². The third-order valence-electron chi connectivity index (χ3n) is 8.37. The van der Waals surface area contributed by atoms with Crippen molar-refractivity contribution in [1.29, 1.82) is 0 Å². The minimum atomic E-state index is 0.585. The lowest BCUT2D eigenvalue weighted by molar-refractivity contribution is 0.953. The quantitative estimate of drug-likeness (QED) is 0.173. The molecule has 54 heavy (non-hydrogen) atoms. The molecule has 0 spiro atoms. The average molecular weight is 693 g/mol. The van der Waals surface area contributed by atoms with Crippen molar-refractivity contribution in [2.75, 3.05) is 0 Å². The van der Waals surface area contributed by atoms with Gasteiger partial charge in [-0.15, -0.1) is 0 Å². The van der Waals surface area contributed by atoms with E-state index in [-0.39, 0.29) is 0 Å². The predicted molar refractivity (Wildman–Crippen MR) is 237 cm³/mol.